The third kappa shape index (κ3) is 9.09. The van der Waals surface area contributed by atoms with Gasteiger partial charge in [-0.2, -0.15) is 0 Å². The summed E-state index contributed by atoms with van der Waals surface area (Å²) in [7, 11) is 0. The van der Waals surface area contributed by atoms with Crippen molar-refractivity contribution in [2.24, 2.45) is 5.73 Å². The van der Waals surface area contributed by atoms with Crippen LogP contribution in [0.4, 0.5) is 0 Å². The molecular weight excluding hydrogens is 466 g/mol. The van der Waals surface area contributed by atoms with E-state index in [9.17, 15) is 14.7 Å². The number of phenolic OH excluding ortho intramolecular Hbond substituents is 1. The molecule has 194 valence electrons. The normalized spacial score (nSPS) is 12.4. The molecule has 37 heavy (non-hydrogen) atoms. The molecule has 0 saturated carbocycles. The second kappa shape index (κ2) is 13.8. The van der Waals surface area contributed by atoms with Crippen molar-refractivity contribution in [2.45, 2.75) is 44.8 Å². The number of nitrogen functional groups attached to an aromatic ring is 1. The lowest BCUT2D eigenvalue weighted by Gasteiger charge is -2.21. The van der Waals surface area contributed by atoms with Gasteiger partial charge in [-0.3, -0.25) is 15.0 Å². The van der Waals surface area contributed by atoms with E-state index in [2.05, 4.69) is 16.0 Å². The zero-order valence-electron chi connectivity index (χ0n) is 21.0. The number of nitrogens with two attached hydrogens (primary N) is 1. The SMILES string of the molecule is C[C@H](NC(=O)[C@@H](CCc1ccccc1)NCCc1ccc(O)cc1)C(=O)NCc1ccc(C(=N)N)cc1. The van der Waals surface area contributed by atoms with Gasteiger partial charge in [0.25, 0.3) is 0 Å². The average molecular weight is 502 g/mol. The van der Waals surface area contributed by atoms with Crippen molar-refractivity contribution in [3.63, 3.8) is 0 Å². The van der Waals surface area contributed by atoms with Crippen molar-refractivity contribution in [1.82, 2.24) is 16.0 Å². The van der Waals surface area contributed by atoms with E-state index in [1.54, 1.807) is 43.3 Å². The fraction of sp³-hybridized carbons (Fsp3) is 0.276. The van der Waals surface area contributed by atoms with Gasteiger partial charge in [0.05, 0.1) is 6.04 Å². The number of amidine groups is 1. The highest BCUT2D eigenvalue weighted by atomic mass is 16.3. The summed E-state index contributed by atoms with van der Waals surface area (Å²) < 4.78 is 0. The van der Waals surface area contributed by atoms with Crippen LogP contribution in [0.3, 0.4) is 0 Å². The summed E-state index contributed by atoms with van der Waals surface area (Å²) in [5.41, 5.74) is 9.16. The first kappa shape index (κ1) is 27.4. The van der Waals surface area contributed by atoms with Crippen molar-refractivity contribution in [2.75, 3.05) is 6.54 Å². The van der Waals surface area contributed by atoms with Gasteiger partial charge >= 0.3 is 0 Å². The van der Waals surface area contributed by atoms with Crippen LogP contribution in [0, 0.1) is 5.41 Å². The Morgan fingerprint density at radius 1 is 0.865 bits per heavy atom. The first-order chi connectivity index (χ1) is 17.8. The van der Waals surface area contributed by atoms with Crippen LogP contribution in [0.1, 0.15) is 35.6 Å². The van der Waals surface area contributed by atoms with E-state index < -0.39 is 12.1 Å². The number of phenols is 1. The zero-order valence-corrected chi connectivity index (χ0v) is 21.0. The smallest absolute Gasteiger partial charge is 0.242 e. The molecule has 0 unspecified atom stereocenters. The van der Waals surface area contributed by atoms with Crippen LogP contribution in [0.15, 0.2) is 78.9 Å². The van der Waals surface area contributed by atoms with Crippen LogP contribution in [0.2, 0.25) is 0 Å². The minimum Gasteiger partial charge on any atom is -0.508 e. The second-order valence-corrected chi connectivity index (χ2v) is 9.01. The molecule has 0 spiro atoms. The maximum Gasteiger partial charge on any atom is 0.242 e. The first-order valence-electron chi connectivity index (χ1n) is 12.4. The number of rotatable bonds is 13. The van der Waals surface area contributed by atoms with Crippen molar-refractivity contribution in [3.8, 4) is 5.75 Å². The second-order valence-electron chi connectivity index (χ2n) is 9.01. The number of carbonyl (C=O) groups is 2. The monoisotopic (exact) mass is 501 g/mol. The molecule has 0 heterocycles. The van der Waals surface area contributed by atoms with Crippen LogP contribution >= 0.6 is 0 Å². The number of benzene rings is 3. The molecule has 0 aliphatic heterocycles. The van der Waals surface area contributed by atoms with Crippen LogP contribution < -0.4 is 21.7 Å². The number of aromatic hydroxyl groups is 1. The lowest BCUT2D eigenvalue weighted by Crippen LogP contribution is -2.52. The molecule has 0 fully saturated rings. The summed E-state index contributed by atoms with van der Waals surface area (Å²) in [5.74, 6) is -0.299. The molecule has 8 nitrogen and oxygen atoms in total. The van der Waals surface area contributed by atoms with E-state index in [1.807, 2.05) is 42.5 Å². The average Bonchev–Trinajstić information content (AvgIpc) is 2.90. The number of aryl methyl sites for hydroxylation is 1. The number of amides is 2. The maximum absolute atomic E-state index is 13.1. The Hall–Kier alpha value is -4.17. The van der Waals surface area contributed by atoms with Gasteiger partial charge in [-0.05, 0) is 61.6 Å². The summed E-state index contributed by atoms with van der Waals surface area (Å²) in [6, 6.07) is 22.9. The predicted molar refractivity (Wildman–Crippen MR) is 145 cm³/mol. The van der Waals surface area contributed by atoms with Gasteiger partial charge in [-0.15, -0.1) is 0 Å². The molecule has 3 rings (SSSR count). The summed E-state index contributed by atoms with van der Waals surface area (Å²) >= 11 is 0. The van der Waals surface area contributed by atoms with E-state index in [-0.39, 0.29) is 23.4 Å². The highest BCUT2D eigenvalue weighted by molar-refractivity contribution is 5.95. The van der Waals surface area contributed by atoms with E-state index in [1.165, 1.54) is 0 Å². The molecule has 0 saturated heterocycles. The van der Waals surface area contributed by atoms with Gasteiger partial charge < -0.3 is 26.8 Å². The highest BCUT2D eigenvalue weighted by Crippen LogP contribution is 2.11. The highest BCUT2D eigenvalue weighted by Gasteiger charge is 2.22. The Labute approximate surface area is 217 Å². The Balaban J connectivity index is 1.53. The summed E-state index contributed by atoms with van der Waals surface area (Å²) in [4.78, 5) is 25.8. The molecule has 8 heteroatoms. The maximum atomic E-state index is 13.1. The molecule has 3 aromatic carbocycles. The minimum atomic E-state index is -0.706. The zero-order chi connectivity index (χ0) is 26.6. The summed E-state index contributed by atoms with van der Waals surface area (Å²) in [6.45, 7) is 2.55. The van der Waals surface area contributed by atoms with E-state index in [0.29, 0.717) is 31.5 Å². The number of carbonyl (C=O) groups excluding carboxylic acids is 2. The number of hydrogen-bond acceptors (Lipinski definition) is 5. The molecule has 0 aliphatic carbocycles. The van der Waals surface area contributed by atoms with E-state index in [0.717, 1.165) is 23.1 Å². The molecule has 0 bridgehead atoms. The van der Waals surface area contributed by atoms with Gasteiger partial charge in [0.2, 0.25) is 11.8 Å². The third-order valence-corrected chi connectivity index (χ3v) is 6.11. The lowest BCUT2D eigenvalue weighted by molar-refractivity contribution is -0.129. The first-order valence-corrected chi connectivity index (χ1v) is 12.4. The van der Waals surface area contributed by atoms with Crippen molar-refractivity contribution in [3.05, 3.63) is 101 Å². The molecule has 0 aliphatic rings. The third-order valence-electron chi connectivity index (χ3n) is 6.11. The van der Waals surface area contributed by atoms with Crippen LogP contribution in [0.25, 0.3) is 0 Å². The largest absolute Gasteiger partial charge is 0.508 e. The van der Waals surface area contributed by atoms with E-state index in [4.69, 9.17) is 11.1 Å². The van der Waals surface area contributed by atoms with Gasteiger partial charge in [0.15, 0.2) is 0 Å². The molecule has 7 N–H and O–H groups in total. The van der Waals surface area contributed by atoms with Gasteiger partial charge in [-0.1, -0.05) is 66.7 Å². The molecule has 2 amide bonds. The Morgan fingerprint density at radius 2 is 1.49 bits per heavy atom. The number of nitrogens with one attached hydrogen (secondary N) is 4. The fourth-order valence-electron chi connectivity index (χ4n) is 3.86. The van der Waals surface area contributed by atoms with Crippen molar-refractivity contribution >= 4 is 17.6 Å². The molecule has 0 aromatic heterocycles. The fourth-order valence-corrected chi connectivity index (χ4v) is 3.86. The molecule has 3 aromatic rings. The molecular formula is C29H35N5O3. The van der Waals surface area contributed by atoms with Gasteiger partial charge in [0, 0.05) is 12.1 Å². The molecule has 2 atom stereocenters. The van der Waals surface area contributed by atoms with Gasteiger partial charge in [0.1, 0.15) is 17.6 Å². The Bertz CT molecular complexity index is 1160. The van der Waals surface area contributed by atoms with Crippen molar-refractivity contribution in [1.29, 1.82) is 5.41 Å². The molecule has 0 radical (unpaired) electrons. The minimum absolute atomic E-state index is 0.00888. The number of hydrogen-bond donors (Lipinski definition) is 6. The van der Waals surface area contributed by atoms with E-state index >= 15 is 0 Å². The summed E-state index contributed by atoms with van der Waals surface area (Å²) in [5, 5.41) is 25.9. The van der Waals surface area contributed by atoms with Crippen LogP contribution in [-0.4, -0.2) is 41.4 Å². The quantitative estimate of drug-likeness (QED) is 0.158. The summed E-state index contributed by atoms with van der Waals surface area (Å²) in [6.07, 6.45) is 2.01. The Morgan fingerprint density at radius 3 is 2.14 bits per heavy atom. The predicted octanol–water partition coefficient (Wildman–Crippen LogP) is 2.63. The standard InChI is InChI=1S/C29H35N5O3/c1-20(28(36)33-19-23-7-12-24(13-8-23)27(30)31)34-29(37)26(16-11-21-5-3-2-4-6-21)32-18-17-22-9-14-25(35)15-10-22/h2-10,12-15,20,26,32,35H,11,16-19H2,1H3,(H3,30,31)(H,33,36)(H,34,37)/t20-,26+/m0/s1. The van der Waals surface area contributed by atoms with Crippen molar-refractivity contribution < 1.29 is 14.7 Å². The topological polar surface area (TPSA) is 140 Å². The van der Waals surface area contributed by atoms with Crippen LogP contribution in [-0.2, 0) is 29.0 Å². The van der Waals surface area contributed by atoms with Gasteiger partial charge in [-0.25, -0.2) is 0 Å². The van der Waals surface area contributed by atoms with Crippen LogP contribution in [0.5, 0.6) is 5.75 Å². The lowest BCUT2D eigenvalue weighted by atomic mass is 10.0. The Kier molecular flexibility index (Phi) is 10.2.